The van der Waals surface area contributed by atoms with Gasteiger partial charge < -0.3 is 15.1 Å². The highest BCUT2D eigenvalue weighted by molar-refractivity contribution is 6.63. The first kappa shape index (κ1) is 15.9. The number of hydrogen-bond acceptors (Lipinski definition) is 6. The molecule has 0 aliphatic heterocycles. The normalized spacial score (nSPS) is 9.33. The predicted octanol–water partition coefficient (Wildman–Crippen LogP) is 0.467. The molecule has 1 rings (SSSR count). The summed E-state index contributed by atoms with van der Waals surface area (Å²) in [4.78, 5) is 45.3. The van der Waals surface area contributed by atoms with Gasteiger partial charge in [0, 0.05) is 12.1 Å². The SMILES string of the molecule is [N-]=[N+]=C(C(=O)CC=O)C(=O)OCc1ccc([N+](=O)[O-])cc1. The first-order chi connectivity index (χ1) is 9.99. The summed E-state index contributed by atoms with van der Waals surface area (Å²) in [6.45, 7) is -0.274. The first-order valence-electron chi connectivity index (χ1n) is 5.59. The molecule has 1 aromatic rings. The maximum absolute atomic E-state index is 11.5. The molecule has 0 bridgehead atoms. The van der Waals surface area contributed by atoms with Gasteiger partial charge >= 0.3 is 11.7 Å². The summed E-state index contributed by atoms with van der Waals surface area (Å²) in [5, 5.41) is 10.5. The quantitative estimate of drug-likeness (QED) is 0.104. The predicted molar refractivity (Wildman–Crippen MR) is 67.2 cm³/mol. The van der Waals surface area contributed by atoms with Crippen molar-refractivity contribution < 1.29 is 28.8 Å². The van der Waals surface area contributed by atoms with E-state index in [-0.39, 0.29) is 18.6 Å². The Kier molecular flexibility index (Phi) is 5.60. The van der Waals surface area contributed by atoms with Crippen molar-refractivity contribution in [2.24, 2.45) is 0 Å². The molecule has 0 atom stereocenters. The lowest BCUT2D eigenvalue weighted by molar-refractivity contribution is -0.384. The number of nitrogens with zero attached hydrogens (tertiary/aromatic N) is 3. The van der Waals surface area contributed by atoms with E-state index in [2.05, 4.69) is 4.79 Å². The van der Waals surface area contributed by atoms with Crippen molar-refractivity contribution >= 4 is 29.4 Å². The second kappa shape index (κ2) is 7.41. The van der Waals surface area contributed by atoms with Gasteiger partial charge in [-0.05, 0) is 17.7 Å². The van der Waals surface area contributed by atoms with Crippen LogP contribution in [0.3, 0.4) is 0 Å². The van der Waals surface area contributed by atoms with Crippen LogP contribution in [0.2, 0.25) is 0 Å². The van der Waals surface area contributed by atoms with Crippen LogP contribution < -0.4 is 0 Å². The Bertz CT molecular complexity index is 631. The third kappa shape index (κ3) is 4.44. The Balaban J connectivity index is 2.67. The summed E-state index contributed by atoms with van der Waals surface area (Å²) >= 11 is 0. The number of nitro benzene ring substituents is 1. The average molecular weight is 291 g/mol. The van der Waals surface area contributed by atoms with Crippen LogP contribution in [0.4, 0.5) is 5.69 Å². The van der Waals surface area contributed by atoms with Crippen molar-refractivity contribution in [2.75, 3.05) is 0 Å². The molecule has 0 aromatic heterocycles. The molecule has 0 saturated carbocycles. The van der Waals surface area contributed by atoms with E-state index in [1.165, 1.54) is 24.3 Å². The molecule has 0 fully saturated rings. The molecule has 0 aliphatic carbocycles. The van der Waals surface area contributed by atoms with Gasteiger partial charge in [0.25, 0.3) is 11.5 Å². The molecule has 0 spiro atoms. The Morgan fingerprint density at radius 2 is 1.95 bits per heavy atom. The zero-order valence-corrected chi connectivity index (χ0v) is 10.6. The summed E-state index contributed by atoms with van der Waals surface area (Å²) in [6.07, 6.45) is -0.344. The van der Waals surface area contributed by atoms with Crippen LogP contribution in [0, 0.1) is 10.1 Å². The average Bonchev–Trinajstić information content (AvgIpc) is 2.46. The van der Waals surface area contributed by atoms with Gasteiger partial charge in [0.2, 0.25) is 0 Å². The van der Waals surface area contributed by atoms with Gasteiger partial charge in [0.1, 0.15) is 12.9 Å². The molecule has 0 saturated heterocycles. The van der Waals surface area contributed by atoms with Crippen molar-refractivity contribution in [2.45, 2.75) is 13.0 Å². The number of nitro groups is 1. The van der Waals surface area contributed by atoms with Gasteiger partial charge in [-0.25, -0.2) is 4.79 Å². The van der Waals surface area contributed by atoms with Gasteiger partial charge in [0.15, 0.2) is 0 Å². The van der Waals surface area contributed by atoms with Gasteiger partial charge in [-0.2, -0.15) is 4.79 Å². The van der Waals surface area contributed by atoms with E-state index in [1.807, 2.05) is 0 Å². The van der Waals surface area contributed by atoms with Crippen LogP contribution >= 0.6 is 0 Å². The van der Waals surface area contributed by atoms with Crippen molar-refractivity contribution in [3.63, 3.8) is 0 Å². The van der Waals surface area contributed by atoms with Crippen molar-refractivity contribution in [1.82, 2.24) is 0 Å². The van der Waals surface area contributed by atoms with Crippen LogP contribution in [0.5, 0.6) is 0 Å². The second-order valence-corrected chi connectivity index (χ2v) is 3.74. The maximum atomic E-state index is 11.5. The number of hydrogen-bond donors (Lipinski definition) is 0. The molecule has 0 N–H and O–H groups in total. The minimum absolute atomic E-state index is 0.121. The fourth-order valence-electron chi connectivity index (χ4n) is 1.31. The van der Waals surface area contributed by atoms with Gasteiger partial charge in [-0.1, -0.05) is 0 Å². The van der Waals surface area contributed by atoms with Gasteiger partial charge in [-0.3, -0.25) is 14.9 Å². The van der Waals surface area contributed by atoms with E-state index in [9.17, 15) is 24.5 Å². The van der Waals surface area contributed by atoms with Crippen LogP contribution in [-0.4, -0.2) is 33.5 Å². The Labute approximate surface area is 117 Å². The number of non-ortho nitro benzene ring substituents is 1. The van der Waals surface area contributed by atoms with Crippen LogP contribution in [0.15, 0.2) is 24.3 Å². The number of benzene rings is 1. The fraction of sp³-hybridized carbons (Fsp3) is 0.167. The summed E-state index contributed by atoms with van der Waals surface area (Å²) in [5.74, 6) is -2.16. The number of carbonyl (C=O) groups excluding carboxylic acids is 3. The number of Topliss-reactive ketones (excluding diaryl/α,β-unsaturated/α-hetero) is 1. The lowest BCUT2D eigenvalue weighted by Gasteiger charge is -2.01. The molecule has 21 heavy (non-hydrogen) atoms. The molecule has 1 aromatic carbocycles. The standard InChI is InChI=1S/C12H9N3O6/c13-14-11(10(17)5-6-16)12(18)21-7-8-1-3-9(4-2-8)15(19)20/h1-4,6H,5,7H2. The minimum Gasteiger partial charge on any atom is -0.452 e. The highest BCUT2D eigenvalue weighted by Crippen LogP contribution is 2.12. The number of ether oxygens (including phenoxy) is 1. The minimum atomic E-state index is -1.19. The van der Waals surface area contributed by atoms with Crippen molar-refractivity contribution in [3.05, 3.63) is 45.5 Å². The molecule has 0 aliphatic rings. The summed E-state index contributed by atoms with van der Waals surface area (Å²) < 4.78 is 4.71. The molecule has 9 heteroatoms. The van der Waals surface area contributed by atoms with Gasteiger partial charge in [-0.15, -0.1) is 0 Å². The molecule has 9 nitrogen and oxygen atoms in total. The van der Waals surface area contributed by atoms with Crippen LogP contribution in [-0.2, 0) is 25.7 Å². The second-order valence-electron chi connectivity index (χ2n) is 3.74. The monoisotopic (exact) mass is 291 g/mol. The molecule has 108 valence electrons. The van der Waals surface area contributed by atoms with E-state index < -0.39 is 28.8 Å². The van der Waals surface area contributed by atoms with E-state index in [4.69, 9.17) is 10.3 Å². The lowest BCUT2D eigenvalue weighted by atomic mass is 10.2. The molecular weight excluding hydrogens is 282 g/mol. The zero-order valence-electron chi connectivity index (χ0n) is 10.6. The third-order valence-electron chi connectivity index (χ3n) is 2.34. The van der Waals surface area contributed by atoms with Crippen LogP contribution in [0.1, 0.15) is 12.0 Å². The topological polar surface area (TPSA) is 140 Å². The zero-order chi connectivity index (χ0) is 15.8. The molecular formula is C12H9N3O6. The molecule has 0 unspecified atom stereocenters. The Morgan fingerprint density at radius 3 is 2.43 bits per heavy atom. The molecule has 0 radical (unpaired) electrons. The smallest absolute Gasteiger partial charge is 0.441 e. The molecule has 0 amide bonds. The Morgan fingerprint density at radius 1 is 1.33 bits per heavy atom. The first-order valence-corrected chi connectivity index (χ1v) is 5.59. The van der Waals surface area contributed by atoms with Crippen LogP contribution in [0.25, 0.3) is 5.53 Å². The van der Waals surface area contributed by atoms with E-state index in [1.54, 1.807) is 0 Å². The number of ketones is 1. The van der Waals surface area contributed by atoms with Crippen molar-refractivity contribution in [1.29, 1.82) is 0 Å². The van der Waals surface area contributed by atoms with E-state index >= 15 is 0 Å². The number of aldehydes is 1. The van der Waals surface area contributed by atoms with Gasteiger partial charge in [0.05, 0.1) is 11.3 Å². The Hall–Kier alpha value is -3.19. The highest BCUT2D eigenvalue weighted by atomic mass is 16.6. The lowest BCUT2D eigenvalue weighted by Crippen LogP contribution is -2.27. The number of carbonyl (C=O) groups is 3. The summed E-state index contributed by atoms with van der Waals surface area (Å²) in [7, 11) is 0. The maximum Gasteiger partial charge on any atom is 0.441 e. The third-order valence-corrected chi connectivity index (χ3v) is 2.34. The number of esters is 1. The molecule has 0 heterocycles. The fourth-order valence-corrected chi connectivity index (χ4v) is 1.31. The van der Waals surface area contributed by atoms with Crippen molar-refractivity contribution in [3.8, 4) is 0 Å². The van der Waals surface area contributed by atoms with E-state index in [0.717, 1.165) is 0 Å². The van der Waals surface area contributed by atoms with E-state index in [0.29, 0.717) is 5.56 Å². The summed E-state index contributed by atoms with van der Waals surface area (Å²) in [5.41, 5.74) is 8.00. The number of rotatable bonds is 7. The summed E-state index contributed by atoms with van der Waals surface area (Å²) in [6, 6.07) is 5.19. The highest BCUT2D eigenvalue weighted by Gasteiger charge is 2.30. The largest absolute Gasteiger partial charge is 0.452 e.